The predicted molar refractivity (Wildman–Crippen MR) is 133 cm³/mol. The Kier molecular flexibility index (Phi) is 7.39. The fourth-order valence-electron chi connectivity index (χ4n) is 4.04. The molecule has 10 heteroatoms. The number of sulfonamides is 1. The lowest BCUT2D eigenvalue weighted by atomic mass is 9.98. The van der Waals surface area contributed by atoms with E-state index in [0.29, 0.717) is 23.6 Å². The first-order chi connectivity index (χ1) is 16.7. The van der Waals surface area contributed by atoms with Gasteiger partial charge < -0.3 is 9.84 Å². The van der Waals surface area contributed by atoms with E-state index < -0.39 is 21.8 Å². The van der Waals surface area contributed by atoms with Crippen LogP contribution in [0.5, 0.6) is 0 Å². The first kappa shape index (κ1) is 25.1. The van der Waals surface area contributed by atoms with Gasteiger partial charge in [0.05, 0.1) is 5.92 Å². The molecule has 0 saturated carbocycles. The molecule has 0 aliphatic carbocycles. The van der Waals surface area contributed by atoms with Crippen LogP contribution in [0.4, 0.5) is 10.1 Å². The number of halogens is 2. The Balaban J connectivity index is 1.55. The van der Waals surface area contributed by atoms with Gasteiger partial charge in [-0.1, -0.05) is 41.0 Å². The number of aromatic nitrogens is 1. The van der Waals surface area contributed by atoms with Crippen LogP contribution in [0.1, 0.15) is 35.4 Å². The molecule has 184 valence electrons. The molecule has 1 aliphatic heterocycles. The van der Waals surface area contributed by atoms with Crippen molar-refractivity contribution < 1.29 is 22.1 Å². The molecule has 4 rings (SSSR count). The molecule has 1 aromatic heterocycles. The number of rotatable bonds is 6. The molecule has 0 bridgehead atoms. The molecule has 1 aliphatic rings. The topological polar surface area (TPSA) is 92.5 Å². The molecule has 0 radical (unpaired) electrons. The van der Waals surface area contributed by atoms with E-state index in [1.165, 1.54) is 29.4 Å². The lowest BCUT2D eigenvalue weighted by Gasteiger charge is -2.31. The monoisotopic (exact) mass is 517 g/mol. The molecule has 1 saturated heterocycles. The SMILES string of the molecule is Cc1ccc(Cl)cc1NC(=O)[C@H]1CCCN(S(=O)(=O)c2c(C)noc2/C=C/c2ccccc2F)C1. The largest absolute Gasteiger partial charge is 0.355 e. The van der Waals surface area contributed by atoms with Crippen molar-refractivity contribution >= 4 is 45.4 Å². The summed E-state index contributed by atoms with van der Waals surface area (Å²) < 4.78 is 47.6. The summed E-state index contributed by atoms with van der Waals surface area (Å²) in [5.41, 5.74) is 1.93. The van der Waals surface area contributed by atoms with Crippen LogP contribution in [-0.4, -0.2) is 36.9 Å². The standard InChI is InChI=1S/C25H25ClFN3O4S/c1-16-9-11-20(26)14-22(16)28-25(31)19-7-5-13-30(15-19)35(32,33)24-17(2)29-34-23(24)12-10-18-6-3-4-8-21(18)27/h3-4,6,8-12,14,19H,5,7,13,15H2,1-2H3,(H,28,31)/b12-10+/t19-/m0/s1. The van der Waals surface area contributed by atoms with Crippen molar-refractivity contribution in [3.63, 3.8) is 0 Å². The van der Waals surface area contributed by atoms with Crippen molar-refractivity contribution in [2.24, 2.45) is 5.92 Å². The average molecular weight is 518 g/mol. The first-order valence-corrected chi connectivity index (χ1v) is 12.9. The summed E-state index contributed by atoms with van der Waals surface area (Å²) in [5, 5.41) is 7.19. The van der Waals surface area contributed by atoms with E-state index in [1.807, 2.05) is 6.92 Å². The van der Waals surface area contributed by atoms with E-state index >= 15 is 0 Å². The van der Waals surface area contributed by atoms with Gasteiger partial charge in [0, 0.05) is 29.4 Å². The maximum absolute atomic E-state index is 14.0. The van der Waals surface area contributed by atoms with Gasteiger partial charge in [-0.3, -0.25) is 4.79 Å². The van der Waals surface area contributed by atoms with Crippen molar-refractivity contribution in [1.29, 1.82) is 0 Å². The van der Waals surface area contributed by atoms with Crippen molar-refractivity contribution in [3.8, 4) is 0 Å². The number of hydrogen-bond acceptors (Lipinski definition) is 5. The molecule has 35 heavy (non-hydrogen) atoms. The zero-order valence-electron chi connectivity index (χ0n) is 19.3. The number of carbonyl (C=O) groups excluding carboxylic acids is 1. The van der Waals surface area contributed by atoms with Crippen LogP contribution < -0.4 is 5.32 Å². The van der Waals surface area contributed by atoms with Crippen molar-refractivity contribution in [1.82, 2.24) is 9.46 Å². The van der Waals surface area contributed by atoms with E-state index in [4.69, 9.17) is 16.1 Å². The third-order valence-electron chi connectivity index (χ3n) is 5.96. The smallest absolute Gasteiger partial charge is 0.248 e. The summed E-state index contributed by atoms with van der Waals surface area (Å²) in [6.07, 6.45) is 3.91. The van der Waals surface area contributed by atoms with E-state index in [1.54, 1.807) is 36.4 Å². The molecular formula is C25H25ClFN3O4S. The molecular weight excluding hydrogens is 493 g/mol. The molecule has 0 unspecified atom stereocenters. The number of carbonyl (C=O) groups is 1. The average Bonchev–Trinajstić information content (AvgIpc) is 3.22. The van der Waals surface area contributed by atoms with Crippen molar-refractivity contribution in [2.75, 3.05) is 18.4 Å². The predicted octanol–water partition coefficient (Wildman–Crippen LogP) is 5.29. The van der Waals surface area contributed by atoms with E-state index in [2.05, 4.69) is 10.5 Å². The van der Waals surface area contributed by atoms with Gasteiger partial charge in [0.25, 0.3) is 0 Å². The Bertz CT molecular complexity index is 1390. The first-order valence-electron chi connectivity index (χ1n) is 11.1. The zero-order valence-corrected chi connectivity index (χ0v) is 20.9. The third-order valence-corrected chi connectivity index (χ3v) is 8.22. The minimum absolute atomic E-state index is 0.00637. The van der Waals surface area contributed by atoms with E-state index in [0.717, 1.165) is 5.56 Å². The summed E-state index contributed by atoms with van der Waals surface area (Å²) in [6.45, 7) is 3.68. The van der Waals surface area contributed by atoms with Gasteiger partial charge in [0.15, 0.2) is 10.7 Å². The van der Waals surface area contributed by atoms with Gasteiger partial charge in [0.2, 0.25) is 15.9 Å². The molecule has 1 amide bonds. The van der Waals surface area contributed by atoms with E-state index in [9.17, 15) is 17.6 Å². The van der Waals surface area contributed by atoms with Gasteiger partial charge in [-0.05, 0) is 62.6 Å². The highest BCUT2D eigenvalue weighted by Gasteiger charge is 2.37. The summed E-state index contributed by atoms with van der Waals surface area (Å²) in [4.78, 5) is 12.9. The van der Waals surface area contributed by atoms with Crippen LogP contribution in [0.3, 0.4) is 0 Å². The number of amides is 1. The van der Waals surface area contributed by atoms with Crippen LogP contribution in [0.15, 0.2) is 51.9 Å². The highest BCUT2D eigenvalue weighted by molar-refractivity contribution is 7.89. The summed E-state index contributed by atoms with van der Waals surface area (Å²) in [5.74, 6) is -1.23. The second kappa shape index (κ2) is 10.3. The number of piperidine rings is 1. The second-order valence-electron chi connectivity index (χ2n) is 8.47. The summed E-state index contributed by atoms with van der Waals surface area (Å²) >= 11 is 6.05. The number of benzene rings is 2. The molecule has 1 fully saturated rings. The minimum atomic E-state index is -4.02. The number of nitrogens with zero attached hydrogens (tertiary/aromatic N) is 2. The third kappa shape index (κ3) is 5.47. The molecule has 2 aromatic carbocycles. The van der Waals surface area contributed by atoms with Crippen LogP contribution in [0.25, 0.3) is 12.2 Å². The Morgan fingerprint density at radius 1 is 1.23 bits per heavy atom. The van der Waals surface area contributed by atoms with Gasteiger partial charge in [-0.15, -0.1) is 0 Å². The van der Waals surface area contributed by atoms with Gasteiger partial charge in [-0.2, -0.15) is 4.31 Å². The van der Waals surface area contributed by atoms with Crippen molar-refractivity contribution in [3.05, 3.63) is 75.9 Å². The Morgan fingerprint density at radius 3 is 2.77 bits per heavy atom. The van der Waals surface area contributed by atoms with Crippen LogP contribution >= 0.6 is 11.6 Å². The van der Waals surface area contributed by atoms with Crippen LogP contribution in [0.2, 0.25) is 5.02 Å². The Hall–Kier alpha value is -3.01. The minimum Gasteiger partial charge on any atom is -0.355 e. The fraction of sp³-hybridized carbons (Fsp3) is 0.280. The molecule has 7 nitrogen and oxygen atoms in total. The zero-order chi connectivity index (χ0) is 25.2. The quantitative estimate of drug-likeness (QED) is 0.479. The number of hydrogen-bond donors (Lipinski definition) is 1. The molecule has 2 heterocycles. The summed E-state index contributed by atoms with van der Waals surface area (Å²) in [6, 6.07) is 11.3. The molecule has 0 spiro atoms. The van der Waals surface area contributed by atoms with Gasteiger partial charge in [-0.25, -0.2) is 12.8 Å². The highest BCUT2D eigenvalue weighted by Crippen LogP contribution is 2.30. The Labute approximate surface area is 208 Å². The van der Waals surface area contributed by atoms with Gasteiger partial charge in [0.1, 0.15) is 11.5 Å². The number of anilines is 1. The van der Waals surface area contributed by atoms with E-state index in [-0.39, 0.29) is 40.9 Å². The number of nitrogens with one attached hydrogen (secondary N) is 1. The summed E-state index contributed by atoms with van der Waals surface area (Å²) in [7, 11) is -4.02. The van der Waals surface area contributed by atoms with Crippen LogP contribution in [0, 0.1) is 25.6 Å². The molecule has 1 atom stereocenters. The number of aryl methyl sites for hydroxylation is 2. The maximum atomic E-state index is 14.0. The maximum Gasteiger partial charge on any atom is 0.248 e. The van der Waals surface area contributed by atoms with Crippen LogP contribution in [-0.2, 0) is 14.8 Å². The normalized spacial score (nSPS) is 17.1. The molecule has 3 aromatic rings. The lowest BCUT2D eigenvalue weighted by molar-refractivity contribution is -0.120. The highest BCUT2D eigenvalue weighted by atomic mass is 35.5. The lowest BCUT2D eigenvalue weighted by Crippen LogP contribution is -2.44. The van der Waals surface area contributed by atoms with Crippen molar-refractivity contribution in [2.45, 2.75) is 31.6 Å². The fourth-order valence-corrected chi connectivity index (χ4v) is 5.99. The molecule has 1 N–H and O–H groups in total. The second-order valence-corrected chi connectivity index (χ2v) is 10.8. The van der Waals surface area contributed by atoms with Gasteiger partial charge >= 0.3 is 0 Å². The Morgan fingerprint density at radius 2 is 2.00 bits per heavy atom.